The molecule has 1 aliphatic rings. The maximum atomic E-state index is 12.0. The number of carbonyl (C=O) groups is 2. The summed E-state index contributed by atoms with van der Waals surface area (Å²) in [5.41, 5.74) is 5.18. The Hall–Kier alpha value is -1.10. The van der Waals surface area contributed by atoms with Gasteiger partial charge in [0.1, 0.15) is 11.4 Å². The zero-order valence-corrected chi connectivity index (χ0v) is 12.4. The normalized spacial score (nSPS) is 21.9. The summed E-state index contributed by atoms with van der Waals surface area (Å²) in [6.07, 6.45) is 1.55. The van der Waals surface area contributed by atoms with Gasteiger partial charge in [0, 0.05) is 25.6 Å². The van der Waals surface area contributed by atoms with Gasteiger partial charge >= 0.3 is 6.09 Å². The quantitative estimate of drug-likeness (QED) is 0.848. The molecule has 1 amide bonds. The molecule has 0 radical (unpaired) electrons. The molecule has 0 aromatic carbocycles. The van der Waals surface area contributed by atoms with Crippen LogP contribution in [0.2, 0.25) is 0 Å². The van der Waals surface area contributed by atoms with Gasteiger partial charge in [0.2, 0.25) is 0 Å². The summed E-state index contributed by atoms with van der Waals surface area (Å²) in [5.74, 6) is 0.118. The standard InChI is InChI=1S/C14H26N2O3/c1-10(17)12(8-15)11-6-5-7-16(9-11)13(18)19-14(2,3)4/h11-12H,5-9,15H2,1-4H3. The van der Waals surface area contributed by atoms with Crippen LogP contribution < -0.4 is 5.73 Å². The van der Waals surface area contributed by atoms with Gasteiger partial charge < -0.3 is 15.4 Å². The molecule has 110 valence electrons. The third kappa shape index (κ3) is 4.82. The smallest absolute Gasteiger partial charge is 0.410 e. The summed E-state index contributed by atoms with van der Waals surface area (Å²) in [6.45, 7) is 8.74. The van der Waals surface area contributed by atoms with Gasteiger partial charge in [0.05, 0.1) is 0 Å². The molecule has 5 heteroatoms. The maximum Gasteiger partial charge on any atom is 0.410 e. The summed E-state index contributed by atoms with van der Waals surface area (Å²) in [5, 5.41) is 0. The van der Waals surface area contributed by atoms with E-state index in [9.17, 15) is 9.59 Å². The summed E-state index contributed by atoms with van der Waals surface area (Å²) < 4.78 is 5.37. The number of hydrogen-bond donors (Lipinski definition) is 1. The van der Waals surface area contributed by atoms with Crippen molar-refractivity contribution in [2.24, 2.45) is 17.6 Å². The minimum absolute atomic E-state index is 0.110. The van der Waals surface area contributed by atoms with E-state index in [1.54, 1.807) is 11.8 Å². The van der Waals surface area contributed by atoms with Gasteiger partial charge in [0.15, 0.2) is 0 Å². The molecule has 0 aromatic heterocycles. The molecule has 0 bridgehead atoms. The fourth-order valence-electron chi connectivity index (χ4n) is 2.52. The molecule has 1 saturated heterocycles. The van der Waals surface area contributed by atoms with E-state index in [1.807, 2.05) is 20.8 Å². The minimum atomic E-state index is -0.488. The molecule has 1 heterocycles. The monoisotopic (exact) mass is 270 g/mol. The molecule has 1 rings (SSSR count). The molecule has 2 N–H and O–H groups in total. The zero-order valence-electron chi connectivity index (χ0n) is 12.4. The maximum absolute atomic E-state index is 12.0. The van der Waals surface area contributed by atoms with Gasteiger partial charge in [-0.05, 0) is 46.5 Å². The Morgan fingerprint density at radius 3 is 2.53 bits per heavy atom. The highest BCUT2D eigenvalue weighted by atomic mass is 16.6. The Morgan fingerprint density at radius 2 is 2.05 bits per heavy atom. The number of amides is 1. The van der Waals surface area contributed by atoms with Crippen molar-refractivity contribution in [2.75, 3.05) is 19.6 Å². The van der Waals surface area contributed by atoms with Crippen LogP contribution in [0.3, 0.4) is 0 Å². The van der Waals surface area contributed by atoms with E-state index in [0.29, 0.717) is 19.6 Å². The van der Waals surface area contributed by atoms with E-state index < -0.39 is 5.60 Å². The van der Waals surface area contributed by atoms with Gasteiger partial charge in [0.25, 0.3) is 0 Å². The minimum Gasteiger partial charge on any atom is -0.444 e. The van der Waals surface area contributed by atoms with Crippen molar-refractivity contribution in [3.63, 3.8) is 0 Å². The molecule has 19 heavy (non-hydrogen) atoms. The molecular weight excluding hydrogens is 244 g/mol. The van der Waals surface area contributed by atoms with E-state index in [2.05, 4.69) is 0 Å². The first-order valence-electron chi connectivity index (χ1n) is 6.93. The second kappa shape index (κ2) is 6.37. The van der Waals surface area contributed by atoms with Crippen molar-refractivity contribution in [1.29, 1.82) is 0 Å². The van der Waals surface area contributed by atoms with Gasteiger partial charge in [-0.1, -0.05) is 0 Å². The molecule has 1 aliphatic heterocycles. The largest absolute Gasteiger partial charge is 0.444 e. The third-order valence-corrected chi connectivity index (χ3v) is 3.45. The molecule has 5 nitrogen and oxygen atoms in total. The predicted molar refractivity (Wildman–Crippen MR) is 73.8 cm³/mol. The van der Waals surface area contributed by atoms with Gasteiger partial charge in [-0.25, -0.2) is 4.79 Å². The summed E-state index contributed by atoms with van der Waals surface area (Å²) in [4.78, 5) is 25.3. The van der Waals surface area contributed by atoms with E-state index >= 15 is 0 Å². The lowest BCUT2D eigenvalue weighted by Gasteiger charge is -2.36. The number of likely N-dealkylation sites (tertiary alicyclic amines) is 1. The van der Waals surface area contributed by atoms with Crippen LogP contribution in [0.15, 0.2) is 0 Å². The highest BCUT2D eigenvalue weighted by Gasteiger charge is 2.32. The van der Waals surface area contributed by atoms with E-state index in [1.165, 1.54) is 0 Å². The number of piperidine rings is 1. The van der Waals surface area contributed by atoms with Gasteiger partial charge in [-0.3, -0.25) is 4.79 Å². The summed E-state index contributed by atoms with van der Waals surface area (Å²) in [7, 11) is 0. The lowest BCUT2D eigenvalue weighted by Crippen LogP contribution is -2.46. The second-order valence-electron chi connectivity index (χ2n) is 6.28. The van der Waals surface area contributed by atoms with E-state index in [-0.39, 0.29) is 23.7 Å². The summed E-state index contributed by atoms with van der Waals surface area (Å²) in [6, 6.07) is 0. The third-order valence-electron chi connectivity index (χ3n) is 3.45. The Morgan fingerprint density at radius 1 is 1.42 bits per heavy atom. The Balaban J connectivity index is 2.64. The fourth-order valence-corrected chi connectivity index (χ4v) is 2.52. The van der Waals surface area contributed by atoms with Crippen molar-refractivity contribution in [2.45, 2.75) is 46.1 Å². The van der Waals surface area contributed by atoms with Crippen LogP contribution in [0.1, 0.15) is 40.5 Å². The van der Waals surface area contributed by atoms with Crippen molar-refractivity contribution < 1.29 is 14.3 Å². The first-order chi connectivity index (χ1) is 8.74. The highest BCUT2D eigenvalue weighted by molar-refractivity contribution is 5.79. The van der Waals surface area contributed by atoms with Crippen molar-refractivity contribution >= 4 is 11.9 Å². The van der Waals surface area contributed by atoms with Crippen LogP contribution in [0, 0.1) is 11.8 Å². The van der Waals surface area contributed by atoms with Crippen LogP contribution in [0.5, 0.6) is 0 Å². The lowest BCUT2D eigenvalue weighted by molar-refractivity contribution is -0.122. The SMILES string of the molecule is CC(=O)C(CN)C1CCCN(C(=O)OC(C)(C)C)C1. The molecule has 0 aliphatic carbocycles. The van der Waals surface area contributed by atoms with Crippen molar-refractivity contribution in [1.82, 2.24) is 4.90 Å². The first-order valence-corrected chi connectivity index (χ1v) is 6.93. The molecule has 0 aromatic rings. The first kappa shape index (κ1) is 16.0. The number of ether oxygens (including phenoxy) is 1. The summed E-state index contributed by atoms with van der Waals surface area (Å²) >= 11 is 0. The molecule has 2 unspecified atom stereocenters. The second-order valence-corrected chi connectivity index (χ2v) is 6.28. The van der Waals surface area contributed by atoms with Gasteiger partial charge in [-0.15, -0.1) is 0 Å². The van der Waals surface area contributed by atoms with Crippen LogP contribution in [-0.4, -0.2) is 42.0 Å². The lowest BCUT2D eigenvalue weighted by atomic mass is 9.83. The highest BCUT2D eigenvalue weighted by Crippen LogP contribution is 2.25. The topological polar surface area (TPSA) is 72.6 Å². The number of nitrogens with zero attached hydrogens (tertiary/aromatic N) is 1. The number of ketones is 1. The molecule has 2 atom stereocenters. The van der Waals surface area contributed by atoms with Crippen LogP contribution >= 0.6 is 0 Å². The van der Waals surface area contributed by atoms with E-state index in [0.717, 1.165) is 12.8 Å². The van der Waals surface area contributed by atoms with Crippen molar-refractivity contribution in [3.8, 4) is 0 Å². The predicted octanol–water partition coefficient (Wildman–Crippen LogP) is 1.80. The Labute approximate surface area is 115 Å². The Kier molecular flexibility index (Phi) is 5.35. The average Bonchev–Trinajstić information content (AvgIpc) is 2.27. The fraction of sp³-hybridized carbons (Fsp3) is 0.857. The molecular formula is C14H26N2O3. The number of rotatable bonds is 3. The molecule has 0 spiro atoms. The number of hydrogen-bond acceptors (Lipinski definition) is 4. The van der Waals surface area contributed by atoms with Crippen molar-refractivity contribution in [3.05, 3.63) is 0 Å². The number of Topliss-reactive ketones (excluding diaryl/α,β-unsaturated/α-hetero) is 1. The Bertz CT molecular complexity index is 336. The van der Waals surface area contributed by atoms with Crippen LogP contribution in [-0.2, 0) is 9.53 Å². The average molecular weight is 270 g/mol. The van der Waals surface area contributed by atoms with Gasteiger partial charge in [-0.2, -0.15) is 0 Å². The molecule has 0 saturated carbocycles. The van der Waals surface area contributed by atoms with E-state index in [4.69, 9.17) is 10.5 Å². The number of carbonyl (C=O) groups excluding carboxylic acids is 2. The zero-order chi connectivity index (χ0) is 14.6. The van der Waals surface area contributed by atoms with Crippen LogP contribution in [0.4, 0.5) is 4.79 Å². The number of nitrogens with two attached hydrogens (primary N) is 1. The van der Waals surface area contributed by atoms with Crippen LogP contribution in [0.25, 0.3) is 0 Å². The molecule has 1 fully saturated rings.